The van der Waals surface area contributed by atoms with E-state index in [-0.39, 0.29) is 11.3 Å². The van der Waals surface area contributed by atoms with E-state index in [1.165, 1.54) is 0 Å². The zero-order valence-corrected chi connectivity index (χ0v) is 7.19. The highest BCUT2D eigenvalue weighted by atomic mass is 16.4. The molecule has 14 heavy (non-hydrogen) atoms. The molecule has 0 saturated carbocycles. The summed E-state index contributed by atoms with van der Waals surface area (Å²) in [5.74, 6) is 0. The third-order valence-electron chi connectivity index (χ3n) is 2.01. The maximum absolute atomic E-state index is 11.2. The van der Waals surface area contributed by atoms with E-state index in [1.54, 1.807) is 24.3 Å². The van der Waals surface area contributed by atoms with E-state index < -0.39 is 5.63 Å². The Bertz CT molecular complexity index is 557. The van der Waals surface area contributed by atoms with Gasteiger partial charge in [0.1, 0.15) is 11.1 Å². The fourth-order valence-electron chi connectivity index (χ4n) is 1.30. The van der Waals surface area contributed by atoms with Crippen LogP contribution in [0.15, 0.2) is 33.5 Å². The molecule has 0 amide bonds. The van der Waals surface area contributed by atoms with Gasteiger partial charge in [-0.3, -0.25) is 4.79 Å². The van der Waals surface area contributed by atoms with Crippen LogP contribution in [-0.4, -0.2) is 6.29 Å². The summed E-state index contributed by atoms with van der Waals surface area (Å²) in [6, 6.07) is 6.81. The van der Waals surface area contributed by atoms with E-state index in [0.717, 1.165) is 0 Å². The van der Waals surface area contributed by atoms with Gasteiger partial charge >= 0.3 is 5.63 Å². The number of carbonyl (C=O) groups excluding carboxylic acids is 1. The number of carbonyl (C=O) groups is 1. The molecule has 0 aliphatic rings. The van der Waals surface area contributed by atoms with E-state index in [9.17, 15) is 9.59 Å². The van der Waals surface area contributed by atoms with Crippen molar-refractivity contribution in [1.82, 2.24) is 0 Å². The Hall–Kier alpha value is -2.10. The van der Waals surface area contributed by atoms with E-state index in [1.807, 2.05) is 0 Å². The highest BCUT2D eigenvalue weighted by Gasteiger charge is 2.09. The molecule has 70 valence electrons. The fraction of sp³-hybridized carbons (Fsp3) is 0. The summed E-state index contributed by atoms with van der Waals surface area (Å²) in [7, 11) is 0. The van der Waals surface area contributed by atoms with Crippen LogP contribution in [0.2, 0.25) is 0 Å². The Labute approximate surface area is 78.9 Å². The van der Waals surface area contributed by atoms with Crippen molar-refractivity contribution in [3.63, 3.8) is 0 Å². The van der Waals surface area contributed by atoms with Crippen molar-refractivity contribution in [1.29, 1.82) is 0 Å². The van der Waals surface area contributed by atoms with Crippen LogP contribution >= 0.6 is 0 Å². The minimum Gasteiger partial charge on any atom is -0.422 e. The predicted octanol–water partition coefficient (Wildman–Crippen LogP) is 1.19. The Morgan fingerprint density at radius 1 is 1.29 bits per heavy atom. The SMILES string of the molecule is Nc1c(C=O)c(=O)oc2ccccc12. The molecule has 2 N–H and O–H groups in total. The van der Waals surface area contributed by atoms with Crippen LogP contribution in [0.4, 0.5) is 5.69 Å². The number of anilines is 1. The minimum absolute atomic E-state index is 0.122. The maximum atomic E-state index is 11.2. The molecular weight excluding hydrogens is 182 g/mol. The van der Waals surface area contributed by atoms with Gasteiger partial charge in [-0.25, -0.2) is 4.79 Å². The van der Waals surface area contributed by atoms with Crippen LogP contribution in [0.1, 0.15) is 10.4 Å². The Morgan fingerprint density at radius 2 is 2.00 bits per heavy atom. The molecule has 2 rings (SSSR count). The summed E-state index contributed by atoms with van der Waals surface area (Å²) in [5.41, 5.74) is 5.38. The molecule has 0 bridgehead atoms. The summed E-state index contributed by atoms with van der Waals surface area (Å²) in [6.07, 6.45) is 0.410. The number of rotatable bonds is 1. The Balaban J connectivity index is 3.00. The van der Waals surface area contributed by atoms with Crippen molar-refractivity contribution in [3.05, 3.63) is 40.2 Å². The van der Waals surface area contributed by atoms with Gasteiger partial charge in [-0.2, -0.15) is 0 Å². The zero-order chi connectivity index (χ0) is 10.1. The van der Waals surface area contributed by atoms with Crippen molar-refractivity contribution < 1.29 is 9.21 Å². The average Bonchev–Trinajstić information content (AvgIpc) is 2.18. The molecule has 1 aromatic heterocycles. The smallest absolute Gasteiger partial charge is 0.349 e. The molecule has 0 radical (unpaired) electrons. The fourth-order valence-corrected chi connectivity index (χ4v) is 1.30. The number of hydrogen-bond donors (Lipinski definition) is 1. The quantitative estimate of drug-likeness (QED) is 0.540. The lowest BCUT2D eigenvalue weighted by molar-refractivity contribution is 0.112. The molecule has 0 saturated heterocycles. The van der Waals surface area contributed by atoms with Crippen LogP contribution in [-0.2, 0) is 0 Å². The normalized spacial score (nSPS) is 10.3. The number of para-hydroxylation sites is 1. The average molecular weight is 189 g/mol. The van der Waals surface area contributed by atoms with Crippen molar-refractivity contribution in [2.45, 2.75) is 0 Å². The van der Waals surface area contributed by atoms with E-state index >= 15 is 0 Å². The van der Waals surface area contributed by atoms with Gasteiger partial charge in [0.25, 0.3) is 0 Å². The van der Waals surface area contributed by atoms with Gasteiger partial charge in [-0.05, 0) is 12.1 Å². The molecule has 0 spiro atoms. The summed E-state index contributed by atoms with van der Waals surface area (Å²) < 4.78 is 4.90. The first-order chi connectivity index (χ1) is 6.74. The molecular formula is C10H7NO3. The van der Waals surface area contributed by atoms with E-state index in [2.05, 4.69) is 0 Å². The number of benzene rings is 1. The summed E-state index contributed by atoms with van der Waals surface area (Å²) in [5, 5.41) is 0.578. The minimum atomic E-state index is -0.698. The number of fused-ring (bicyclic) bond motifs is 1. The first kappa shape index (κ1) is 8.50. The van der Waals surface area contributed by atoms with Gasteiger partial charge in [0.05, 0.1) is 5.69 Å². The van der Waals surface area contributed by atoms with Crippen molar-refractivity contribution in [2.75, 3.05) is 5.73 Å². The number of nitrogen functional groups attached to an aromatic ring is 1. The van der Waals surface area contributed by atoms with Gasteiger partial charge < -0.3 is 10.2 Å². The van der Waals surface area contributed by atoms with Crippen molar-refractivity contribution >= 4 is 22.9 Å². The lowest BCUT2D eigenvalue weighted by Crippen LogP contribution is -2.10. The second kappa shape index (κ2) is 2.99. The third-order valence-corrected chi connectivity index (χ3v) is 2.01. The van der Waals surface area contributed by atoms with Crippen LogP contribution in [0, 0.1) is 0 Å². The molecule has 1 heterocycles. The van der Waals surface area contributed by atoms with Crippen LogP contribution < -0.4 is 11.4 Å². The van der Waals surface area contributed by atoms with Crippen molar-refractivity contribution in [3.8, 4) is 0 Å². The molecule has 4 nitrogen and oxygen atoms in total. The molecule has 0 aliphatic heterocycles. The first-order valence-electron chi connectivity index (χ1n) is 4.00. The summed E-state index contributed by atoms with van der Waals surface area (Å²) >= 11 is 0. The standard InChI is InChI=1S/C10H7NO3/c11-9-6-3-1-2-4-8(6)14-10(13)7(9)5-12/h1-5H,11H2. The molecule has 0 fully saturated rings. The number of hydrogen-bond acceptors (Lipinski definition) is 4. The highest BCUT2D eigenvalue weighted by Crippen LogP contribution is 2.20. The van der Waals surface area contributed by atoms with Gasteiger partial charge in [0.2, 0.25) is 0 Å². The third kappa shape index (κ3) is 1.08. The molecule has 0 unspecified atom stereocenters. The molecule has 0 aliphatic carbocycles. The molecule has 0 atom stereocenters. The van der Waals surface area contributed by atoms with Gasteiger partial charge in [0, 0.05) is 5.39 Å². The molecule has 1 aromatic carbocycles. The second-order valence-electron chi connectivity index (χ2n) is 2.83. The first-order valence-corrected chi connectivity index (χ1v) is 4.00. The second-order valence-corrected chi connectivity index (χ2v) is 2.83. The zero-order valence-electron chi connectivity index (χ0n) is 7.19. The Morgan fingerprint density at radius 3 is 2.71 bits per heavy atom. The van der Waals surface area contributed by atoms with Gasteiger partial charge in [-0.1, -0.05) is 12.1 Å². The van der Waals surface area contributed by atoms with Gasteiger partial charge in [-0.15, -0.1) is 0 Å². The monoisotopic (exact) mass is 189 g/mol. The van der Waals surface area contributed by atoms with Gasteiger partial charge in [0.15, 0.2) is 6.29 Å². The largest absolute Gasteiger partial charge is 0.422 e. The van der Waals surface area contributed by atoms with Crippen LogP contribution in [0.3, 0.4) is 0 Å². The predicted molar refractivity (Wildman–Crippen MR) is 52.3 cm³/mol. The lowest BCUT2D eigenvalue weighted by atomic mass is 10.1. The maximum Gasteiger partial charge on any atom is 0.349 e. The lowest BCUT2D eigenvalue weighted by Gasteiger charge is -2.01. The molecule has 2 aromatic rings. The number of nitrogens with two attached hydrogens (primary N) is 1. The van der Waals surface area contributed by atoms with Crippen molar-refractivity contribution in [2.24, 2.45) is 0 Å². The van der Waals surface area contributed by atoms with E-state index in [4.69, 9.17) is 10.2 Å². The van der Waals surface area contributed by atoms with Crippen LogP contribution in [0.5, 0.6) is 0 Å². The van der Waals surface area contributed by atoms with Crippen LogP contribution in [0.25, 0.3) is 11.0 Å². The molecule has 4 heteroatoms. The Kier molecular flexibility index (Phi) is 1.81. The summed E-state index contributed by atoms with van der Waals surface area (Å²) in [4.78, 5) is 21.8. The topological polar surface area (TPSA) is 73.3 Å². The van der Waals surface area contributed by atoms with E-state index in [0.29, 0.717) is 17.3 Å². The number of aldehydes is 1. The summed E-state index contributed by atoms with van der Waals surface area (Å²) in [6.45, 7) is 0. The highest BCUT2D eigenvalue weighted by molar-refractivity contribution is 5.97.